The van der Waals surface area contributed by atoms with E-state index in [1.165, 1.54) is 63.9 Å². The van der Waals surface area contributed by atoms with Crippen LogP contribution in [0, 0.1) is 0 Å². The average Bonchev–Trinajstić information content (AvgIpc) is 3.01. The number of hydrogen-bond donors (Lipinski definition) is 2. The molecule has 3 aromatic carbocycles. The molecule has 1 heterocycles. The number of carboxylic acids is 1. The molecular formula is C36H42N2O5. The molecule has 4 rings (SSSR count). The fraction of sp³-hybridized carbons (Fsp3) is 0.361. The van der Waals surface area contributed by atoms with Crippen molar-refractivity contribution in [2.75, 3.05) is 11.9 Å². The van der Waals surface area contributed by atoms with Gasteiger partial charge in [-0.3, -0.25) is 4.79 Å². The van der Waals surface area contributed by atoms with Gasteiger partial charge in [0.05, 0.1) is 24.3 Å². The number of ether oxygens (including phenoxy) is 2. The van der Waals surface area contributed by atoms with E-state index in [-0.39, 0.29) is 23.6 Å². The Morgan fingerprint density at radius 2 is 1.42 bits per heavy atom. The van der Waals surface area contributed by atoms with Crippen LogP contribution in [0.5, 0.6) is 17.4 Å². The molecule has 0 saturated carbocycles. The van der Waals surface area contributed by atoms with Gasteiger partial charge in [0.2, 0.25) is 11.8 Å². The van der Waals surface area contributed by atoms with E-state index < -0.39 is 5.97 Å². The van der Waals surface area contributed by atoms with Gasteiger partial charge < -0.3 is 19.9 Å². The normalized spacial score (nSPS) is 10.9. The number of hydrogen-bond acceptors (Lipinski definition) is 5. The van der Waals surface area contributed by atoms with Crippen LogP contribution in [0.4, 0.5) is 5.69 Å². The molecule has 1 amide bonds. The van der Waals surface area contributed by atoms with Crippen LogP contribution in [-0.2, 0) is 11.2 Å². The van der Waals surface area contributed by atoms with Crippen LogP contribution >= 0.6 is 0 Å². The van der Waals surface area contributed by atoms with Crippen molar-refractivity contribution in [2.45, 2.75) is 77.6 Å². The summed E-state index contributed by atoms with van der Waals surface area (Å²) >= 11 is 0. The number of aromatic nitrogens is 1. The minimum atomic E-state index is -1.10. The lowest BCUT2D eigenvalue weighted by Crippen LogP contribution is -2.16. The van der Waals surface area contributed by atoms with E-state index in [2.05, 4.69) is 23.3 Å². The van der Waals surface area contributed by atoms with Crippen molar-refractivity contribution in [2.24, 2.45) is 0 Å². The molecule has 1 aromatic heterocycles. The zero-order chi connectivity index (χ0) is 30.3. The van der Waals surface area contributed by atoms with Crippen LogP contribution in [0.3, 0.4) is 0 Å². The van der Waals surface area contributed by atoms with Crippen LogP contribution < -0.4 is 14.8 Å². The number of carbonyl (C=O) groups is 2. The second-order valence-electron chi connectivity index (χ2n) is 10.9. The Morgan fingerprint density at radius 3 is 2.09 bits per heavy atom. The van der Waals surface area contributed by atoms with Crippen molar-refractivity contribution in [1.82, 2.24) is 4.98 Å². The molecule has 4 aromatic rings. The zero-order valence-corrected chi connectivity index (χ0v) is 25.0. The lowest BCUT2D eigenvalue weighted by molar-refractivity contribution is -0.115. The molecule has 0 fully saturated rings. The van der Waals surface area contributed by atoms with Gasteiger partial charge in [0.15, 0.2) is 0 Å². The number of aromatic carboxylic acids is 1. The van der Waals surface area contributed by atoms with Crippen molar-refractivity contribution in [1.29, 1.82) is 0 Å². The van der Waals surface area contributed by atoms with Gasteiger partial charge in [0, 0.05) is 12.3 Å². The van der Waals surface area contributed by atoms with E-state index >= 15 is 0 Å². The van der Waals surface area contributed by atoms with Crippen molar-refractivity contribution in [3.8, 4) is 17.4 Å². The quantitative estimate of drug-likeness (QED) is 0.114. The Morgan fingerprint density at radius 1 is 0.767 bits per heavy atom. The van der Waals surface area contributed by atoms with Crippen molar-refractivity contribution in [3.63, 3.8) is 0 Å². The van der Waals surface area contributed by atoms with Crippen LogP contribution in [0.2, 0.25) is 0 Å². The molecule has 0 atom stereocenters. The molecular weight excluding hydrogens is 540 g/mol. The standard InChI is InChI=1S/C36H42N2O5/c1-2-3-4-5-6-7-8-9-10-13-22-42-30-19-17-29-25-31(20-18-28(29)24-30)43-35-21-16-27(26-37-35)23-34(39)38-33-15-12-11-14-32(33)36(40)41/h11-12,14-21,24-26H,2-10,13,22-23H2,1H3,(H,38,39)(H,40,41). The molecule has 43 heavy (non-hydrogen) atoms. The largest absolute Gasteiger partial charge is 0.494 e. The van der Waals surface area contributed by atoms with Crippen LogP contribution in [-0.4, -0.2) is 28.6 Å². The number of carboxylic acid groups (broad SMARTS) is 1. The van der Waals surface area contributed by atoms with Gasteiger partial charge in [-0.05, 0) is 59.2 Å². The van der Waals surface area contributed by atoms with Crippen molar-refractivity contribution >= 4 is 28.3 Å². The predicted octanol–water partition coefficient (Wildman–Crippen LogP) is 9.21. The maximum atomic E-state index is 12.5. The van der Waals surface area contributed by atoms with E-state index in [0.717, 1.165) is 29.5 Å². The monoisotopic (exact) mass is 582 g/mol. The van der Waals surface area contributed by atoms with E-state index in [9.17, 15) is 14.7 Å². The van der Waals surface area contributed by atoms with Gasteiger partial charge in [0.25, 0.3) is 0 Å². The highest BCUT2D eigenvalue weighted by Gasteiger charge is 2.12. The summed E-state index contributed by atoms with van der Waals surface area (Å²) in [4.78, 5) is 28.2. The molecule has 0 spiro atoms. The lowest BCUT2D eigenvalue weighted by atomic mass is 10.1. The minimum Gasteiger partial charge on any atom is -0.494 e. The SMILES string of the molecule is CCCCCCCCCCCCOc1ccc2cc(Oc3ccc(CC(=O)Nc4ccccc4C(=O)O)cn3)ccc2c1. The van der Waals surface area contributed by atoms with Crippen LogP contribution in [0.1, 0.15) is 87.1 Å². The molecule has 0 unspecified atom stereocenters. The second-order valence-corrected chi connectivity index (χ2v) is 10.9. The van der Waals surface area contributed by atoms with Gasteiger partial charge in [-0.15, -0.1) is 0 Å². The first-order valence-electron chi connectivity index (χ1n) is 15.4. The molecule has 0 bridgehead atoms. The molecule has 0 aliphatic rings. The molecule has 0 saturated heterocycles. The maximum Gasteiger partial charge on any atom is 0.337 e. The Labute approximate surface area is 254 Å². The maximum absolute atomic E-state index is 12.5. The van der Waals surface area contributed by atoms with Gasteiger partial charge in [-0.2, -0.15) is 0 Å². The highest BCUT2D eigenvalue weighted by molar-refractivity contribution is 6.01. The van der Waals surface area contributed by atoms with Crippen molar-refractivity contribution in [3.05, 3.63) is 90.1 Å². The summed E-state index contributed by atoms with van der Waals surface area (Å²) in [6, 6.07) is 21.7. The van der Waals surface area contributed by atoms with E-state index in [1.807, 2.05) is 30.3 Å². The number of para-hydroxylation sites is 1. The highest BCUT2D eigenvalue weighted by Crippen LogP contribution is 2.28. The average molecular weight is 583 g/mol. The Kier molecular flexibility index (Phi) is 12.4. The topological polar surface area (TPSA) is 97.8 Å². The fourth-order valence-corrected chi connectivity index (χ4v) is 4.99. The number of amides is 1. The van der Waals surface area contributed by atoms with Crippen molar-refractivity contribution < 1.29 is 24.2 Å². The lowest BCUT2D eigenvalue weighted by Gasteiger charge is -2.10. The molecule has 2 N–H and O–H groups in total. The summed E-state index contributed by atoms with van der Waals surface area (Å²) in [5.41, 5.74) is 0.986. The Bertz CT molecular complexity index is 1470. The number of nitrogens with zero attached hydrogens (tertiary/aromatic N) is 1. The van der Waals surface area contributed by atoms with Gasteiger partial charge in [-0.25, -0.2) is 9.78 Å². The van der Waals surface area contributed by atoms with Gasteiger partial charge in [-0.1, -0.05) is 95.0 Å². The third-order valence-electron chi connectivity index (χ3n) is 7.37. The number of anilines is 1. The smallest absolute Gasteiger partial charge is 0.337 e. The second kappa shape index (κ2) is 16.9. The first-order valence-corrected chi connectivity index (χ1v) is 15.4. The first kappa shape index (κ1) is 31.5. The molecule has 0 aliphatic heterocycles. The first-order chi connectivity index (χ1) is 21.0. The van der Waals surface area contributed by atoms with Gasteiger partial charge in [0.1, 0.15) is 11.5 Å². The van der Waals surface area contributed by atoms with E-state index in [0.29, 0.717) is 17.2 Å². The highest BCUT2D eigenvalue weighted by atomic mass is 16.5. The third-order valence-corrected chi connectivity index (χ3v) is 7.37. The third kappa shape index (κ3) is 10.4. The van der Waals surface area contributed by atoms with E-state index in [1.54, 1.807) is 36.5 Å². The zero-order valence-electron chi connectivity index (χ0n) is 25.0. The van der Waals surface area contributed by atoms with Crippen LogP contribution in [0.25, 0.3) is 10.8 Å². The molecule has 226 valence electrons. The summed E-state index contributed by atoms with van der Waals surface area (Å²) in [6.45, 7) is 3.00. The number of pyridine rings is 1. The fourth-order valence-electron chi connectivity index (χ4n) is 4.99. The Balaban J connectivity index is 1.20. The summed E-state index contributed by atoms with van der Waals surface area (Å²) in [5, 5.41) is 14.1. The number of rotatable bonds is 18. The number of unbranched alkanes of at least 4 members (excludes halogenated alkanes) is 9. The summed E-state index contributed by atoms with van der Waals surface area (Å²) < 4.78 is 12.0. The van der Waals surface area contributed by atoms with Gasteiger partial charge >= 0.3 is 5.97 Å². The molecule has 0 radical (unpaired) electrons. The number of fused-ring (bicyclic) bond motifs is 1. The number of benzene rings is 3. The summed E-state index contributed by atoms with van der Waals surface area (Å²) in [7, 11) is 0. The van der Waals surface area contributed by atoms with E-state index in [4.69, 9.17) is 9.47 Å². The molecule has 0 aliphatic carbocycles. The summed E-state index contributed by atoms with van der Waals surface area (Å²) in [6.07, 6.45) is 14.7. The predicted molar refractivity (Wildman–Crippen MR) is 171 cm³/mol. The summed E-state index contributed by atoms with van der Waals surface area (Å²) in [5.74, 6) is 0.530. The Hall–Kier alpha value is -4.39. The number of nitrogens with one attached hydrogen (secondary N) is 1. The molecule has 7 heteroatoms. The minimum absolute atomic E-state index is 0.0428. The molecule has 7 nitrogen and oxygen atoms in total. The number of carbonyl (C=O) groups excluding carboxylic acids is 1. The van der Waals surface area contributed by atoms with Crippen LogP contribution in [0.15, 0.2) is 79.0 Å².